The lowest BCUT2D eigenvalue weighted by Crippen LogP contribution is -2.27. The highest BCUT2D eigenvalue weighted by Gasteiger charge is 2.13. The van der Waals surface area contributed by atoms with Crippen LogP contribution in [0.5, 0.6) is 0 Å². The fourth-order valence-corrected chi connectivity index (χ4v) is 1.77. The fourth-order valence-electron chi connectivity index (χ4n) is 1.77. The number of carbonyl (C=O) groups excluding carboxylic acids is 1. The van der Waals surface area contributed by atoms with Crippen LogP contribution in [-0.2, 0) is 4.79 Å². The predicted octanol–water partition coefficient (Wildman–Crippen LogP) is 2.85. The summed E-state index contributed by atoms with van der Waals surface area (Å²) in [6, 6.07) is 15.9. The van der Waals surface area contributed by atoms with E-state index < -0.39 is 11.9 Å². The first kappa shape index (κ1) is 14.5. The minimum Gasteiger partial charge on any atom is -0.477 e. The SMILES string of the molecule is Cc1ccc(C(=O)N/C(=C/c2ccccc2)C(=O)O)cc1. The third-order valence-electron chi connectivity index (χ3n) is 2.90. The first-order valence-corrected chi connectivity index (χ1v) is 6.44. The van der Waals surface area contributed by atoms with Crippen LogP contribution in [0.25, 0.3) is 6.08 Å². The lowest BCUT2D eigenvalue weighted by molar-refractivity contribution is -0.132. The maximum atomic E-state index is 12.0. The molecule has 21 heavy (non-hydrogen) atoms. The molecule has 0 saturated heterocycles. The Kier molecular flexibility index (Phi) is 4.51. The van der Waals surface area contributed by atoms with Gasteiger partial charge in [0.05, 0.1) is 0 Å². The second-order valence-electron chi connectivity index (χ2n) is 4.59. The van der Waals surface area contributed by atoms with Crippen molar-refractivity contribution in [3.8, 4) is 0 Å². The van der Waals surface area contributed by atoms with Crippen LogP contribution in [0.2, 0.25) is 0 Å². The standard InChI is InChI=1S/C17H15NO3/c1-12-7-9-14(10-8-12)16(19)18-15(17(20)21)11-13-5-3-2-4-6-13/h2-11H,1H3,(H,18,19)(H,20,21)/b15-11+. The average Bonchev–Trinajstić information content (AvgIpc) is 2.48. The molecule has 0 fully saturated rings. The normalized spacial score (nSPS) is 11.0. The summed E-state index contributed by atoms with van der Waals surface area (Å²) in [6.07, 6.45) is 1.43. The molecule has 1 amide bonds. The van der Waals surface area contributed by atoms with Gasteiger partial charge in [-0.1, -0.05) is 48.0 Å². The summed E-state index contributed by atoms with van der Waals surface area (Å²) in [5.74, 6) is -1.63. The Balaban J connectivity index is 2.21. The molecule has 0 aliphatic rings. The van der Waals surface area contributed by atoms with E-state index in [1.54, 1.807) is 48.5 Å². The second kappa shape index (κ2) is 6.52. The number of carboxylic acid groups (broad SMARTS) is 1. The Hall–Kier alpha value is -2.88. The molecule has 2 aromatic rings. The molecule has 2 N–H and O–H groups in total. The van der Waals surface area contributed by atoms with Gasteiger partial charge in [0.2, 0.25) is 0 Å². The molecule has 4 heteroatoms. The first-order chi connectivity index (χ1) is 10.1. The van der Waals surface area contributed by atoms with Gasteiger partial charge in [0.1, 0.15) is 5.70 Å². The van der Waals surface area contributed by atoms with Gasteiger partial charge in [0, 0.05) is 5.56 Å². The van der Waals surface area contributed by atoms with Crippen LogP contribution in [0.3, 0.4) is 0 Å². The van der Waals surface area contributed by atoms with Crippen molar-refractivity contribution >= 4 is 18.0 Å². The minimum atomic E-state index is -1.18. The molecule has 0 atom stereocenters. The van der Waals surface area contributed by atoms with E-state index >= 15 is 0 Å². The van der Waals surface area contributed by atoms with Crippen molar-refractivity contribution in [3.05, 3.63) is 77.0 Å². The van der Waals surface area contributed by atoms with E-state index in [9.17, 15) is 14.7 Å². The van der Waals surface area contributed by atoms with Gasteiger partial charge in [-0.05, 0) is 30.7 Å². The number of aryl methyl sites for hydroxylation is 1. The van der Waals surface area contributed by atoms with Crippen LogP contribution in [0.4, 0.5) is 0 Å². The molecule has 0 radical (unpaired) electrons. The lowest BCUT2D eigenvalue weighted by atomic mass is 10.1. The largest absolute Gasteiger partial charge is 0.477 e. The highest BCUT2D eigenvalue weighted by atomic mass is 16.4. The molecule has 0 unspecified atom stereocenters. The highest BCUT2D eigenvalue weighted by Crippen LogP contribution is 2.07. The number of carbonyl (C=O) groups is 2. The molecule has 2 rings (SSSR count). The number of rotatable bonds is 4. The molecule has 0 aliphatic carbocycles. The van der Waals surface area contributed by atoms with Crippen LogP contribution in [0.15, 0.2) is 60.3 Å². The van der Waals surface area contributed by atoms with Gasteiger partial charge in [0.25, 0.3) is 5.91 Å². The molecule has 0 aromatic heterocycles. The van der Waals surface area contributed by atoms with Crippen molar-refractivity contribution in [1.82, 2.24) is 5.32 Å². The molecule has 0 bridgehead atoms. The van der Waals surface area contributed by atoms with Crippen LogP contribution >= 0.6 is 0 Å². The number of nitrogens with one attached hydrogen (secondary N) is 1. The molecule has 0 spiro atoms. The smallest absolute Gasteiger partial charge is 0.352 e. The van der Waals surface area contributed by atoms with Crippen molar-refractivity contribution in [2.75, 3.05) is 0 Å². The van der Waals surface area contributed by atoms with E-state index in [4.69, 9.17) is 0 Å². The second-order valence-corrected chi connectivity index (χ2v) is 4.59. The topological polar surface area (TPSA) is 66.4 Å². The van der Waals surface area contributed by atoms with Gasteiger partial charge in [-0.15, -0.1) is 0 Å². The third kappa shape index (κ3) is 4.04. The van der Waals surface area contributed by atoms with Crippen LogP contribution in [0, 0.1) is 6.92 Å². The lowest BCUT2D eigenvalue weighted by Gasteiger charge is -2.06. The van der Waals surface area contributed by atoms with Crippen LogP contribution < -0.4 is 5.32 Å². The molecule has 2 aromatic carbocycles. The van der Waals surface area contributed by atoms with Gasteiger partial charge >= 0.3 is 5.97 Å². The Morgan fingerprint density at radius 2 is 1.62 bits per heavy atom. The summed E-state index contributed by atoms with van der Waals surface area (Å²) in [4.78, 5) is 23.3. The van der Waals surface area contributed by atoms with E-state index in [-0.39, 0.29) is 5.70 Å². The molecule has 106 valence electrons. The van der Waals surface area contributed by atoms with E-state index in [1.807, 2.05) is 13.0 Å². The molecule has 0 aliphatic heterocycles. The summed E-state index contributed by atoms with van der Waals surface area (Å²) < 4.78 is 0. The molecule has 0 heterocycles. The number of amides is 1. The number of hydrogen-bond acceptors (Lipinski definition) is 2. The number of benzene rings is 2. The number of aliphatic carboxylic acids is 1. The summed E-state index contributed by atoms with van der Waals surface area (Å²) in [7, 11) is 0. The predicted molar refractivity (Wildman–Crippen MR) is 80.7 cm³/mol. The minimum absolute atomic E-state index is 0.160. The first-order valence-electron chi connectivity index (χ1n) is 6.44. The Morgan fingerprint density at radius 3 is 2.19 bits per heavy atom. The molecular formula is C17H15NO3. The van der Waals surface area contributed by atoms with E-state index in [0.29, 0.717) is 11.1 Å². The molecular weight excluding hydrogens is 266 g/mol. The summed E-state index contributed by atoms with van der Waals surface area (Å²) in [5.41, 5.74) is 2.00. The average molecular weight is 281 g/mol. The van der Waals surface area contributed by atoms with Gasteiger partial charge in [-0.3, -0.25) is 4.79 Å². The summed E-state index contributed by atoms with van der Waals surface area (Å²) in [6.45, 7) is 1.92. The number of hydrogen-bond donors (Lipinski definition) is 2. The Bertz CT molecular complexity index is 673. The molecule has 0 saturated carbocycles. The van der Waals surface area contributed by atoms with Crippen molar-refractivity contribution in [2.45, 2.75) is 6.92 Å². The summed E-state index contributed by atoms with van der Waals surface area (Å²) >= 11 is 0. The van der Waals surface area contributed by atoms with E-state index in [0.717, 1.165) is 5.56 Å². The van der Waals surface area contributed by atoms with Gasteiger partial charge in [0.15, 0.2) is 0 Å². The zero-order chi connectivity index (χ0) is 15.2. The Labute approximate surface area is 122 Å². The van der Waals surface area contributed by atoms with E-state index in [2.05, 4.69) is 5.32 Å². The zero-order valence-corrected chi connectivity index (χ0v) is 11.5. The highest BCUT2D eigenvalue weighted by molar-refractivity contribution is 6.02. The maximum absolute atomic E-state index is 12.0. The quantitative estimate of drug-likeness (QED) is 0.847. The van der Waals surface area contributed by atoms with Crippen molar-refractivity contribution in [3.63, 3.8) is 0 Å². The van der Waals surface area contributed by atoms with Crippen LogP contribution in [-0.4, -0.2) is 17.0 Å². The van der Waals surface area contributed by atoms with Crippen molar-refractivity contribution in [2.24, 2.45) is 0 Å². The Morgan fingerprint density at radius 1 is 1.00 bits per heavy atom. The van der Waals surface area contributed by atoms with Crippen molar-refractivity contribution in [1.29, 1.82) is 0 Å². The van der Waals surface area contributed by atoms with E-state index in [1.165, 1.54) is 6.08 Å². The van der Waals surface area contributed by atoms with Crippen molar-refractivity contribution < 1.29 is 14.7 Å². The molecule has 4 nitrogen and oxygen atoms in total. The fraction of sp³-hybridized carbons (Fsp3) is 0.0588. The third-order valence-corrected chi connectivity index (χ3v) is 2.90. The van der Waals surface area contributed by atoms with Gasteiger partial charge in [-0.2, -0.15) is 0 Å². The zero-order valence-electron chi connectivity index (χ0n) is 11.5. The summed E-state index contributed by atoms with van der Waals surface area (Å²) in [5, 5.41) is 11.6. The van der Waals surface area contributed by atoms with Crippen LogP contribution in [0.1, 0.15) is 21.5 Å². The number of carboxylic acids is 1. The monoisotopic (exact) mass is 281 g/mol. The maximum Gasteiger partial charge on any atom is 0.352 e. The van der Waals surface area contributed by atoms with Gasteiger partial charge in [-0.25, -0.2) is 4.79 Å². The van der Waals surface area contributed by atoms with Gasteiger partial charge < -0.3 is 10.4 Å².